The molecule has 0 fully saturated rings. The second kappa shape index (κ2) is 10.5. The summed E-state index contributed by atoms with van der Waals surface area (Å²) in [4.78, 5) is 8.78. The first-order chi connectivity index (χ1) is 13.9. The Balaban J connectivity index is 1.36. The number of halogens is 1. The molecule has 0 aliphatic heterocycles. The van der Waals surface area contributed by atoms with Crippen LogP contribution in [-0.4, -0.2) is 36.6 Å². The third-order valence-electron chi connectivity index (χ3n) is 4.76. The van der Waals surface area contributed by atoms with Gasteiger partial charge in [0.15, 0.2) is 0 Å². The third kappa shape index (κ3) is 6.52. The van der Waals surface area contributed by atoms with Crippen LogP contribution in [0.15, 0.2) is 48.9 Å². The fourth-order valence-electron chi connectivity index (χ4n) is 3.37. The Morgan fingerprint density at radius 1 is 1.03 bits per heavy atom. The van der Waals surface area contributed by atoms with Crippen molar-refractivity contribution in [3.8, 4) is 5.88 Å². The molecule has 0 spiro atoms. The summed E-state index contributed by atoms with van der Waals surface area (Å²) in [7, 11) is -1.45. The number of aromatic nitrogens is 3. The highest BCUT2D eigenvalue weighted by molar-refractivity contribution is 14.1. The molecule has 1 aromatic carbocycles. The first-order valence-electron chi connectivity index (χ1n) is 10.2. The van der Waals surface area contributed by atoms with Gasteiger partial charge in [-0.2, -0.15) is 0 Å². The molecule has 0 N–H and O–H groups in total. The van der Waals surface area contributed by atoms with Crippen LogP contribution < -0.4 is 9.92 Å². The van der Waals surface area contributed by atoms with E-state index in [0.717, 1.165) is 41.6 Å². The lowest BCUT2D eigenvalue weighted by molar-refractivity contribution is 0.280. The van der Waals surface area contributed by atoms with Gasteiger partial charge < -0.3 is 9.16 Å². The number of ether oxygens (including phenoxy) is 1. The van der Waals surface area contributed by atoms with Crippen molar-refractivity contribution < 1.29 is 9.16 Å². The standard InChI is InChI=1S/C22H30IN3O2Si/c1-22(2,3)29(18-11-7-6-8-12-18)28-16-10-5-4-9-15-27-21-20-24-13-14-26(20)17-19(23)25-21/h6-8,11-14,17,29H,4-5,9-10,15-16H2,1-3H3. The van der Waals surface area contributed by atoms with E-state index in [0.29, 0.717) is 12.5 Å². The topological polar surface area (TPSA) is 48.7 Å². The van der Waals surface area contributed by atoms with Crippen molar-refractivity contribution in [3.05, 3.63) is 52.6 Å². The molecule has 3 rings (SSSR count). The van der Waals surface area contributed by atoms with E-state index in [1.54, 1.807) is 6.20 Å². The molecular weight excluding hydrogens is 493 g/mol. The minimum absolute atomic E-state index is 0.216. The highest BCUT2D eigenvalue weighted by atomic mass is 127. The molecule has 0 saturated carbocycles. The van der Waals surface area contributed by atoms with Gasteiger partial charge in [-0.3, -0.25) is 4.40 Å². The smallest absolute Gasteiger partial charge is 0.259 e. The fourth-order valence-corrected chi connectivity index (χ4v) is 6.56. The third-order valence-corrected chi connectivity index (χ3v) is 8.42. The lowest BCUT2D eigenvalue weighted by atomic mass is 10.2. The van der Waals surface area contributed by atoms with Crippen molar-refractivity contribution in [2.75, 3.05) is 13.2 Å². The molecule has 0 amide bonds. The number of imidazole rings is 1. The number of unbranched alkanes of at least 4 members (excludes halogenated alkanes) is 3. The second-order valence-corrected chi connectivity index (χ2v) is 12.9. The number of fused-ring (bicyclic) bond motifs is 1. The second-order valence-electron chi connectivity index (χ2n) is 8.32. The van der Waals surface area contributed by atoms with Gasteiger partial charge in [0.2, 0.25) is 14.7 Å². The van der Waals surface area contributed by atoms with Gasteiger partial charge in [-0.05, 0) is 52.1 Å². The van der Waals surface area contributed by atoms with Crippen molar-refractivity contribution in [1.29, 1.82) is 0 Å². The van der Waals surface area contributed by atoms with E-state index in [1.807, 2.05) is 16.8 Å². The van der Waals surface area contributed by atoms with Crippen molar-refractivity contribution in [2.45, 2.75) is 51.5 Å². The quantitative estimate of drug-likeness (QED) is 0.219. The molecule has 0 bridgehead atoms. The monoisotopic (exact) mass is 523 g/mol. The van der Waals surface area contributed by atoms with Crippen LogP contribution in [-0.2, 0) is 4.43 Å². The van der Waals surface area contributed by atoms with Crippen molar-refractivity contribution in [1.82, 2.24) is 14.4 Å². The van der Waals surface area contributed by atoms with E-state index in [2.05, 4.69) is 83.7 Å². The summed E-state index contributed by atoms with van der Waals surface area (Å²) in [6, 6.07) is 10.7. The summed E-state index contributed by atoms with van der Waals surface area (Å²) in [6.45, 7) is 8.40. The van der Waals surface area contributed by atoms with Crippen LogP contribution in [0.2, 0.25) is 5.04 Å². The summed E-state index contributed by atoms with van der Waals surface area (Å²) in [5.41, 5.74) is 0.776. The lowest BCUT2D eigenvalue weighted by Crippen LogP contribution is -2.41. The number of benzene rings is 1. The molecule has 2 aromatic heterocycles. The van der Waals surface area contributed by atoms with Gasteiger partial charge in [0, 0.05) is 25.2 Å². The number of nitrogens with zero attached hydrogens (tertiary/aromatic N) is 3. The zero-order valence-electron chi connectivity index (χ0n) is 17.5. The largest absolute Gasteiger partial charge is 0.475 e. The van der Waals surface area contributed by atoms with Crippen LogP contribution in [0.25, 0.3) is 5.65 Å². The molecule has 0 aliphatic rings. The zero-order chi connectivity index (χ0) is 20.7. The van der Waals surface area contributed by atoms with Gasteiger partial charge in [-0.25, -0.2) is 9.97 Å². The summed E-state index contributed by atoms with van der Waals surface area (Å²) in [5.74, 6) is 0.618. The maximum Gasteiger partial charge on any atom is 0.259 e. The Bertz CT molecular complexity index is 896. The Morgan fingerprint density at radius 2 is 1.76 bits per heavy atom. The fraction of sp³-hybridized carbons (Fsp3) is 0.455. The molecule has 29 heavy (non-hydrogen) atoms. The van der Waals surface area contributed by atoms with Gasteiger partial charge in [0.1, 0.15) is 3.70 Å². The molecule has 7 heteroatoms. The van der Waals surface area contributed by atoms with E-state index in [4.69, 9.17) is 9.16 Å². The molecular formula is C22H30IN3O2Si. The molecule has 0 saturated heterocycles. The predicted molar refractivity (Wildman–Crippen MR) is 129 cm³/mol. The van der Waals surface area contributed by atoms with Crippen LogP contribution in [0.4, 0.5) is 0 Å². The highest BCUT2D eigenvalue weighted by Gasteiger charge is 2.29. The summed E-state index contributed by atoms with van der Waals surface area (Å²) < 4.78 is 15.1. The van der Waals surface area contributed by atoms with E-state index in [1.165, 1.54) is 5.19 Å². The summed E-state index contributed by atoms with van der Waals surface area (Å²) >= 11 is 2.20. The molecule has 5 nitrogen and oxygen atoms in total. The van der Waals surface area contributed by atoms with Gasteiger partial charge in [0.25, 0.3) is 5.88 Å². The van der Waals surface area contributed by atoms with Crippen LogP contribution >= 0.6 is 22.6 Å². The summed E-state index contributed by atoms with van der Waals surface area (Å²) in [5, 5.41) is 1.61. The average Bonchev–Trinajstić information content (AvgIpc) is 3.14. The van der Waals surface area contributed by atoms with Crippen LogP contribution in [0.1, 0.15) is 46.5 Å². The average molecular weight is 523 g/mol. The lowest BCUT2D eigenvalue weighted by Gasteiger charge is -2.29. The first-order valence-corrected chi connectivity index (χ1v) is 12.9. The summed E-state index contributed by atoms with van der Waals surface area (Å²) in [6.07, 6.45) is 10.0. The maximum absolute atomic E-state index is 6.41. The molecule has 3 aromatic rings. The van der Waals surface area contributed by atoms with Crippen LogP contribution in [0.5, 0.6) is 5.88 Å². The first kappa shape index (κ1) is 22.2. The van der Waals surface area contributed by atoms with Crippen molar-refractivity contribution in [2.24, 2.45) is 0 Å². The Kier molecular flexibility index (Phi) is 8.08. The van der Waals surface area contributed by atoms with Gasteiger partial charge in [-0.1, -0.05) is 57.5 Å². The van der Waals surface area contributed by atoms with E-state index >= 15 is 0 Å². The van der Waals surface area contributed by atoms with E-state index in [-0.39, 0.29) is 5.04 Å². The Labute approximate surface area is 188 Å². The van der Waals surface area contributed by atoms with E-state index in [9.17, 15) is 0 Å². The normalized spacial score (nSPS) is 13.0. The van der Waals surface area contributed by atoms with Gasteiger partial charge >= 0.3 is 0 Å². The van der Waals surface area contributed by atoms with Crippen molar-refractivity contribution >= 4 is 42.5 Å². The number of hydrogen-bond acceptors (Lipinski definition) is 4. The minimum atomic E-state index is -1.45. The van der Waals surface area contributed by atoms with Crippen molar-refractivity contribution in [3.63, 3.8) is 0 Å². The molecule has 2 heterocycles. The molecule has 156 valence electrons. The number of rotatable bonds is 10. The zero-order valence-corrected chi connectivity index (χ0v) is 20.8. The molecule has 1 unspecified atom stereocenters. The van der Waals surface area contributed by atoms with Crippen LogP contribution in [0, 0.1) is 3.70 Å². The van der Waals surface area contributed by atoms with Crippen LogP contribution in [0.3, 0.4) is 0 Å². The van der Waals surface area contributed by atoms with Gasteiger partial charge in [0.05, 0.1) is 6.61 Å². The Morgan fingerprint density at radius 3 is 2.48 bits per heavy atom. The SMILES string of the molecule is CC(C)(C)[SiH](OCCCCCCOc1nc(I)cn2ccnc12)c1ccccc1. The molecule has 0 aliphatic carbocycles. The van der Waals surface area contributed by atoms with E-state index < -0.39 is 9.04 Å². The maximum atomic E-state index is 6.41. The predicted octanol–water partition coefficient (Wildman–Crippen LogP) is 4.72. The molecule has 0 radical (unpaired) electrons. The molecule has 1 atom stereocenters. The Hall–Kier alpha value is -1.45. The van der Waals surface area contributed by atoms with Gasteiger partial charge in [-0.15, -0.1) is 0 Å². The highest BCUT2D eigenvalue weighted by Crippen LogP contribution is 2.27. The minimum Gasteiger partial charge on any atom is -0.475 e. The number of hydrogen-bond donors (Lipinski definition) is 0.